The zero-order valence-electron chi connectivity index (χ0n) is 32.0. The summed E-state index contributed by atoms with van der Waals surface area (Å²) in [5.74, 6) is 0.980. The first-order chi connectivity index (χ1) is 29.2. The van der Waals surface area contributed by atoms with E-state index in [4.69, 9.17) is 4.42 Å². The maximum Gasteiger partial charge on any atom is 0.248 e. The van der Waals surface area contributed by atoms with Gasteiger partial charge in [0.25, 0.3) is 0 Å². The summed E-state index contributed by atoms with van der Waals surface area (Å²) >= 11 is 0. The molecule has 0 unspecified atom stereocenters. The lowest BCUT2D eigenvalue weighted by molar-refractivity contribution is 0.584. The van der Waals surface area contributed by atoms with Gasteiger partial charge in [-0.1, -0.05) is 121 Å². The lowest BCUT2D eigenvalue weighted by atomic mass is 10.0. The van der Waals surface area contributed by atoms with Crippen molar-refractivity contribution in [3.63, 3.8) is 0 Å². The third-order valence-electron chi connectivity index (χ3n) is 11.2. The van der Waals surface area contributed by atoms with E-state index in [0.29, 0.717) is 11.8 Å². The van der Waals surface area contributed by atoms with Crippen LogP contribution in [0.4, 0.5) is 17.1 Å². The quantitative estimate of drug-likeness (QED) is 0.155. The van der Waals surface area contributed by atoms with Gasteiger partial charge >= 0.3 is 0 Å². The maximum absolute atomic E-state index is 6.10. The lowest BCUT2D eigenvalue weighted by Crippen LogP contribution is -2.09. The van der Waals surface area contributed by atoms with Crippen LogP contribution in [0, 0.1) is 0 Å². The van der Waals surface area contributed by atoms with Crippen molar-refractivity contribution in [2.45, 2.75) is 0 Å². The summed E-state index contributed by atoms with van der Waals surface area (Å²) in [4.78, 5) is 2.29. The van der Waals surface area contributed by atoms with Gasteiger partial charge in [-0.25, -0.2) is 0 Å². The maximum atomic E-state index is 6.10. The Morgan fingerprint density at radius 1 is 0.339 bits per heavy atom. The number of hydrogen-bond acceptors (Lipinski definition) is 4. The summed E-state index contributed by atoms with van der Waals surface area (Å²) < 4.78 is 8.45. The van der Waals surface area contributed by atoms with E-state index >= 15 is 0 Å². The van der Waals surface area contributed by atoms with Crippen LogP contribution in [0.1, 0.15) is 0 Å². The smallest absolute Gasteiger partial charge is 0.248 e. The zero-order chi connectivity index (χ0) is 39.1. The monoisotopic (exact) mass is 756 g/mol. The molecular weight excluding hydrogens is 721 g/mol. The number of fused-ring (bicyclic) bond motifs is 4. The van der Waals surface area contributed by atoms with E-state index in [-0.39, 0.29) is 0 Å². The molecule has 0 spiro atoms. The van der Waals surface area contributed by atoms with Gasteiger partial charge in [-0.05, 0) is 130 Å². The summed E-state index contributed by atoms with van der Waals surface area (Å²) in [6.45, 7) is 0. The average Bonchev–Trinajstić information content (AvgIpc) is 3.94. The van der Waals surface area contributed by atoms with Gasteiger partial charge in [0, 0.05) is 44.6 Å². The Bertz CT molecular complexity index is 3240. The molecule has 0 amide bonds. The van der Waals surface area contributed by atoms with E-state index in [9.17, 15) is 0 Å². The minimum absolute atomic E-state index is 0.481. The number of para-hydroxylation sites is 2. The number of rotatable bonds is 8. The molecule has 0 aliphatic carbocycles. The molecule has 0 atom stereocenters. The van der Waals surface area contributed by atoms with Crippen LogP contribution in [0.25, 0.3) is 83.4 Å². The van der Waals surface area contributed by atoms with E-state index in [1.807, 2.05) is 42.5 Å². The second-order valence-electron chi connectivity index (χ2n) is 14.7. The van der Waals surface area contributed by atoms with Crippen molar-refractivity contribution in [3.8, 4) is 50.8 Å². The fraction of sp³-hybridized carbons (Fsp3) is 0. The average molecular weight is 757 g/mol. The molecule has 2 aromatic heterocycles. The molecule has 11 aromatic rings. The molecule has 278 valence electrons. The second kappa shape index (κ2) is 14.5. The standard InChI is InChI=1S/C54H36N4O/c1-3-12-40(13-4-1)53-55-56-54(59-53)41-25-32-48(33-26-41)57(46-28-21-38(22-29-46)43-20-19-37-11-7-8-14-42(37)35-43)47-30-23-39(24-31-47)44-27-34-52-50(36-44)49-17-9-10-18-51(49)58(52)45-15-5-2-6-16-45/h1-36H. The number of aromatic nitrogens is 3. The molecule has 9 aromatic carbocycles. The first-order valence-electron chi connectivity index (χ1n) is 19.8. The van der Waals surface area contributed by atoms with E-state index in [2.05, 4.69) is 196 Å². The normalized spacial score (nSPS) is 11.4. The van der Waals surface area contributed by atoms with E-state index in [0.717, 1.165) is 39.4 Å². The van der Waals surface area contributed by atoms with Gasteiger partial charge in [-0.2, -0.15) is 0 Å². The molecule has 0 N–H and O–H groups in total. The molecular formula is C54H36N4O. The molecule has 5 heteroatoms. The summed E-state index contributed by atoms with van der Waals surface area (Å²) in [6.07, 6.45) is 0. The van der Waals surface area contributed by atoms with E-state index in [1.54, 1.807) is 0 Å². The van der Waals surface area contributed by atoms with Crippen LogP contribution in [-0.4, -0.2) is 14.8 Å². The van der Waals surface area contributed by atoms with Gasteiger partial charge in [0.05, 0.1) is 11.0 Å². The predicted octanol–water partition coefficient (Wildman–Crippen LogP) is 14.5. The SMILES string of the molecule is c1ccc(-c2nnc(-c3ccc(N(c4ccc(-c5ccc6ccccc6c5)cc4)c4ccc(-c5ccc6c(c5)c5ccccc5n6-c5ccccc5)cc4)cc3)o2)cc1. The lowest BCUT2D eigenvalue weighted by Gasteiger charge is -2.26. The number of hydrogen-bond donors (Lipinski definition) is 0. The summed E-state index contributed by atoms with van der Waals surface area (Å²) in [5, 5.41) is 13.6. The van der Waals surface area contributed by atoms with Crippen molar-refractivity contribution in [3.05, 3.63) is 218 Å². The number of benzene rings is 9. The van der Waals surface area contributed by atoms with Crippen LogP contribution < -0.4 is 4.90 Å². The molecule has 0 radical (unpaired) electrons. The van der Waals surface area contributed by atoms with E-state index in [1.165, 1.54) is 49.3 Å². The summed E-state index contributed by atoms with van der Waals surface area (Å²) in [5.41, 5.74) is 13.1. The number of anilines is 3. The molecule has 0 saturated carbocycles. The van der Waals surface area contributed by atoms with Gasteiger partial charge in [0.15, 0.2) is 0 Å². The Balaban J connectivity index is 0.958. The largest absolute Gasteiger partial charge is 0.416 e. The molecule has 0 aliphatic rings. The Morgan fingerprint density at radius 2 is 0.814 bits per heavy atom. The molecule has 0 saturated heterocycles. The highest BCUT2D eigenvalue weighted by Gasteiger charge is 2.17. The third kappa shape index (κ3) is 6.32. The van der Waals surface area contributed by atoms with Gasteiger partial charge in [0.1, 0.15) is 0 Å². The van der Waals surface area contributed by atoms with Gasteiger partial charge in [0.2, 0.25) is 11.8 Å². The fourth-order valence-electron chi connectivity index (χ4n) is 8.22. The second-order valence-corrected chi connectivity index (χ2v) is 14.7. The first-order valence-corrected chi connectivity index (χ1v) is 19.8. The van der Waals surface area contributed by atoms with Gasteiger partial charge < -0.3 is 13.9 Å². The Hall–Kier alpha value is -8.02. The van der Waals surface area contributed by atoms with Crippen LogP contribution in [0.5, 0.6) is 0 Å². The molecule has 59 heavy (non-hydrogen) atoms. The van der Waals surface area contributed by atoms with Crippen molar-refractivity contribution in [1.29, 1.82) is 0 Å². The minimum Gasteiger partial charge on any atom is -0.416 e. The molecule has 5 nitrogen and oxygen atoms in total. The van der Waals surface area contributed by atoms with Crippen LogP contribution in [0.2, 0.25) is 0 Å². The number of nitrogens with zero attached hydrogens (tertiary/aromatic N) is 4. The van der Waals surface area contributed by atoms with Crippen molar-refractivity contribution in [2.75, 3.05) is 4.90 Å². The third-order valence-corrected chi connectivity index (χ3v) is 11.2. The zero-order valence-corrected chi connectivity index (χ0v) is 32.0. The van der Waals surface area contributed by atoms with Crippen LogP contribution in [-0.2, 0) is 0 Å². The Labute approximate surface area is 341 Å². The molecule has 2 heterocycles. The van der Waals surface area contributed by atoms with Gasteiger partial charge in [-0.3, -0.25) is 0 Å². The van der Waals surface area contributed by atoms with Crippen LogP contribution >= 0.6 is 0 Å². The summed E-state index contributed by atoms with van der Waals surface area (Å²) in [7, 11) is 0. The minimum atomic E-state index is 0.481. The highest BCUT2D eigenvalue weighted by atomic mass is 16.4. The summed E-state index contributed by atoms with van der Waals surface area (Å²) in [6, 6.07) is 77.1. The Morgan fingerprint density at radius 3 is 1.47 bits per heavy atom. The van der Waals surface area contributed by atoms with E-state index < -0.39 is 0 Å². The van der Waals surface area contributed by atoms with Crippen molar-refractivity contribution in [1.82, 2.24) is 14.8 Å². The molecule has 11 rings (SSSR count). The van der Waals surface area contributed by atoms with Gasteiger partial charge in [-0.15, -0.1) is 10.2 Å². The van der Waals surface area contributed by atoms with Crippen molar-refractivity contribution < 1.29 is 4.42 Å². The highest BCUT2D eigenvalue weighted by Crippen LogP contribution is 2.39. The fourth-order valence-corrected chi connectivity index (χ4v) is 8.22. The highest BCUT2D eigenvalue weighted by molar-refractivity contribution is 6.10. The van der Waals surface area contributed by atoms with Crippen molar-refractivity contribution >= 4 is 49.6 Å². The van der Waals surface area contributed by atoms with Crippen molar-refractivity contribution in [2.24, 2.45) is 0 Å². The predicted molar refractivity (Wildman–Crippen MR) is 243 cm³/mol. The first kappa shape index (κ1) is 34.2. The molecule has 0 aliphatic heterocycles. The Kier molecular flexibility index (Phi) is 8.41. The van der Waals surface area contributed by atoms with Crippen LogP contribution in [0.3, 0.4) is 0 Å². The molecule has 0 bridgehead atoms. The topological polar surface area (TPSA) is 47.1 Å². The van der Waals surface area contributed by atoms with Crippen LogP contribution in [0.15, 0.2) is 223 Å². The molecule has 0 fully saturated rings.